The Morgan fingerprint density at radius 3 is 2.65 bits per heavy atom. The van der Waals surface area contributed by atoms with Crippen molar-refractivity contribution in [3.63, 3.8) is 0 Å². The Kier molecular flexibility index (Phi) is 6.54. The van der Waals surface area contributed by atoms with Crippen LogP contribution in [0.2, 0.25) is 0 Å². The number of hydrogen-bond acceptors (Lipinski definition) is 3. The molecule has 1 aliphatic carbocycles. The van der Waals surface area contributed by atoms with Crippen LogP contribution in [0.1, 0.15) is 46.5 Å². The minimum Gasteiger partial charge on any atom is -0.376 e. The summed E-state index contributed by atoms with van der Waals surface area (Å²) in [5.74, 6) is 0.812. The van der Waals surface area contributed by atoms with E-state index in [0.717, 1.165) is 18.8 Å². The molecule has 3 heteroatoms. The van der Waals surface area contributed by atoms with Gasteiger partial charge in [-0.05, 0) is 39.0 Å². The van der Waals surface area contributed by atoms with Gasteiger partial charge in [0.05, 0.1) is 37.4 Å². The van der Waals surface area contributed by atoms with E-state index in [1.165, 1.54) is 12.8 Å². The molecule has 98 valence electrons. The van der Waals surface area contributed by atoms with Crippen molar-refractivity contribution < 1.29 is 9.47 Å². The van der Waals surface area contributed by atoms with Crippen LogP contribution in [0.3, 0.4) is 0 Å². The first kappa shape index (κ1) is 14.5. The number of nitriles is 1. The third kappa shape index (κ3) is 5.06. The summed E-state index contributed by atoms with van der Waals surface area (Å²) in [6, 6.07) is 2.38. The summed E-state index contributed by atoms with van der Waals surface area (Å²) in [5, 5.41) is 9.10. The Labute approximate surface area is 105 Å². The van der Waals surface area contributed by atoms with E-state index in [1.54, 1.807) is 0 Å². The Morgan fingerprint density at radius 1 is 1.29 bits per heavy atom. The van der Waals surface area contributed by atoms with Crippen LogP contribution in [-0.2, 0) is 9.47 Å². The Morgan fingerprint density at radius 2 is 2.06 bits per heavy atom. The first-order chi connectivity index (χ1) is 8.17. The second kappa shape index (κ2) is 7.68. The van der Waals surface area contributed by atoms with Gasteiger partial charge in [0, 0.05) is 0 Å². The van der Waals surface area contributed by atoms with E-state index in [1.807, 2.05) is 13.8 Å². The largest absolute Gasteiger partial charge is 0.376 e. The maximum absolute atomic E-state index is 9.10. The molecule has 0 aromatic rings. The van der Waals surface area contributed by atoms with E-state index >= 15 is 0 Å². The fourth-order valence-corrected chi connectivity index (χ4v) is 2.40. The van der Waals surface area contributed by atoms with Crippen LogP contribution in [0, 0.1) is 23.2 Å². The molecule has 0 heterocycles. The molecule has 3 atom stereocenters. The smallest absolute Gasteiger partial charge is 0.0737 e. The van der Waals surface area contributed by atoms with Gasteiger partial charge in [-0.1, -0.05) is 13.3 Å². The molecular weight excluding hydrogens is 214 g/mol. The highest BCUT2D eigenvalue weighted by Gasteiger charge is 2.30. The number of ether oxygens (including phenoxy) is 2. The first-order valence-electron chi connectivity index (χ1n) is 6.80. The summed E-state index contributed by atoms with van der Waals surface area (Å²) in [6.45, 7) is 7.49. The molecule has 0 aromatic carbocycles. The Hall–Kier alpha value is -0.590. The Balaban J connectivity index is 2.29. The van der Waals surface area contributed by atoms with Gasteiger partial charge in [0.25, 0.3) is 0 Å². The summed E-state index contributed by atoms with van der Waals surface area (Å²) in [4.78, 5) is 0. The van der Waals surface area contributed by atoms with Crippen molar-refractivity contribution in [1.29, 1.82) is 5.26 Å². The van der Waals surface area contributed by atoms with Crippen LogP contribution in [0.25, 0.3) is 0 Å². The molecule has 1 rings (SSSR count). The van der Waals surface area contributed by atoms with Crippen LogP contribution in [0.4, 0.5) is 0 Å². The van der Waals surface area contributed by atoms with Gasteiger partial charge < -0.3 is 9.47 Å². The normalized spacial score (nSPS) is 29.2. The molecule has 0 aliphatic heterocycles. The third-order valence-corrected chi connectivity index (χ3v) is 3.51. The molecule has 0 amide bonds. The highest BCUT2D eigenvalue weighted by Crippen LogP contribution is 2.32. The average molecular weight is 239 g/mol. The zero-order valence-electron chi connectivity index (χ0n) is 11.3. The van der Waals surface area contributed by atoms with Crippen LogP contribution in [0.15, 0.2) is 0 Å². The summed E-state index contributed by atoms with van der Waals surface area (Å²) in [6.07, 6.45) is 4.77. The molecule has 3 nitrogen and oxygen atoms in total. The summed E-state index contributed by atoms with van der Waals surface area (Å²) in [7, 11) is 0. The first-order valence-corrected chi connectivity index (χ1v) is 6.80. The lowest BCUT2D eigenvalue weighted by atomic mass is 9.79. The minimum absolute atomic E-state index is 0.0804. The van der Waals surface area contributed by atoms with Crippen LogP contribution in [0.5, 0.6) is 0 Å². The molecule has 0 N–H and O–H groups in total. The molecule has 0 bridgehead atoms. The van der Waals surface area contributed by atoms with Crippen molar-refractivity contribution in [3.8, 4) is 6.07 Å². The standard InChI is InChI=1S/C14H25NO2/c1-4-12-5-6-13(10-15)14(9-12)17-8-7-16-11(2)3/h11-14H,4-9H2,1-3H3. The zero-order valence-corrected chi connectivity index (χ0v) is 11.3. The fourth-order valence-electron chi connectivity index (χ4n) is 2.40. The Bertz CT molecular complexity index is 247. The van der Waals surface area contributed by atoms with Gasteiger partial charge >= 0.3 is 0 Å². The summed E-state index contributed by atoms with van der Waals surface area (Å²) < 4.78 is 11.3. The van der Waals surface area contributed by atoms with Crippen molar-refractivity contribution in [1.82, 2.24) is 0 Å². The van der Waals surface area contributed by atoms with Crippen molar-refractivity contribution in [3.05, 3.63) is 0 Å². The third-order valence-electron chi connectivity index (χ3n) is 3.51. The van der Waals surface area contributed by atoms with Crippen LogP contribution >= 0.6 is 0 Å². The second-order valence-corrected chi connectivity index (χ2v) is 5.15. The predicted octanol–water partition coefficient (Wildman–Crippen LogP) is 3.15. The molecule has 0 spiro atoms. The van der Waals surface area contributed by atoms with Gasteiger partial charge in [0.15, 0.2) is 0 Å². The van der Waals surface area contributed by atoms with E-state index in [4.69, 9.17) is 14.7 Å². The fraction of sp³-hybridized carbons (Fsp3) is 0.929. The lowest BCUT2D eigenvalue weighted by Gasteiger charge is -2.32. The van der Waals surface area contributed by atoms with E-state index in [-0.39, 0.29) is 18.1 Å². The topological polar surface area (TPSA) is 42.2 Å². The van der Waals surface area contributed by atoms with Gasteiger partial charge in [0.1, 0.15) is 0 Å². The number of hydrogen-bond donors (Lipinski definition) is 0. The molecule has 0 radical (unpaired) electrons. The maximum atomic E-state index is 9.10. The maximum Gasteiger partial charge on any atom is 0.0737 e. The van der Waals surface area contributed by atoms with Gasteiger partial charge in [-0.25, -0.2) is 0 Å². The monoisotopic (exact) mass is 239 g/mol. The van der Waals surface area contributed by atoms with Crippen molar-refractivity contribution in [2.45, 2.75) is 58.7 Å². The van der Waals surface area contributed by atoms with Crippen molar-refractivity contribution in [2.24, 2.45) is 11.8 Å². The predicted molar refractivity (Wildman–Crippen MR) is 67.6 cm³/mol. The van der Waals surface area contributed by atoms with E-state index in [9.17, 15) is 0 Å². The van der Waals surface area contributed by atoms with Gasteiger partial charge in [-0.2, -0.15) is 5.26 Å². The molecular formula is C14H25NO2. The number of nitrogens with zero attached hydrogens (tertiary/aromatic N) is 1. The van der Waals surface area contributed by atoms with Gasteiger partial charge in [-0.15, -0.1) is 0 Å². The van der Waals surface area contributed by atoms with Crippen LogP contribution in [-0.4, -0.2) is 25.4 Å². The highest BCUT2D eigenvalue weighted by molar-refractivity contribution is 4.93. The molecule has 1 saturated carbocycles. The van der Waals surface area contributed by atoms with Gasteiger partial charge in [-0.3, -0.25) is 0 Å². The number of rotatable bonds is 6. The zero-order chi connectivity index (χ0) is 12.7. The molecule has 0 aromatic heterocycles. The van der Waals surface area contributed by atoms with Crippen molar-refractivity contribution >= 4 is 0 Å². The SMILES string of the molecule is CCC1CCC(C#N)C(OCCOC(C)C)C1. The lowest BCUT2D eigenvalue weighted by Crippen LogP contribution is -2.32. The van der Waals surface area contributed by atoms with E-state index < -0.39 is 0 Å². The lowest BCUT2D eigenvalue weighted by molar-refractivity contribution is -0.0459. The molecule has 1 aliphatic rings. The van der Waals surface area contributed by atoms with E-state index in [0.29, 0.717) is 13.2 Å². The molecule has 3 unspecified atom stereocenters. The second-order valence-electron chi connectivity index (χ2n) is 5.15. The summed E-state index contributed by atoms with van der Waals surface area (Å²) in [5.41, 5.74) is 0. The minimum atomic E-state index is 0.0804. The van der Waals surface area contributed by atoms with Crippen molar-refractivity contribution in [2.75, 3.05) is 13.2 Å². The molecule has 0 saturated heterocycles. The quantitative estimate of drug-likeness (QED) is 0.669. The van der Waals surface area contributed by atoms with Gasteiger partial charge in [0.2, 0.25) is 0 Å². The summed E-state index contributed by atoms with van der Waals surface area (Å²) >= 11 is 0. The molecule has 17 heavy (non-hydrogen) atoms. The highest BCUT2D eigenvalue weighted by atomic mass is 16.5. The average Bonchev–Trinajstić information content (AvgIpc) is 2.34. The van der Waals surface area contributed by atoms with E-state index in [2.05, 4.69) is 13.0 Å². The van der Waals surface area contributed by atoms with Crippen LogP contribution < -0.4 is 0 Å². The molecule has 1 fully saturated rings.